The highest BCUT2D eigenvalue weighted by atomic mass is 32.1. The van der Waals surface area contributed by atoms with Crippen molar-refractivity contribution in [3.05, 3.63) is 35.2 Å². The van der Waals surface area contributed by atoms with Crippen molar-refractivity contribution in [3.63, 3.8) is 0 Å². The fraction of sp³-hybridized carbons (Fsp3) is 0.286. The van der Waals surface area contributed by atoms with Gasteiger partial charge in [-0.15, -0.1) is 11.3 Å². The first-order chi connectivity index (χ1) is 9.22. The molecule has 0 radical (unpaired) electrons. The van der Waals surface area contributed by atoms with Gasteiger partial charge < -0.3 is 10.6 Å². The zero-order valence-electron chi connectivity index (χ0n) is 10.3. The summed E-state index contributed by atoms with van der Waals surface area (Å²) in [7, 11) is 0. The topological polar surface area (TPSA) is 58.2 Å². The molecule has 1 aliphatic heterocycles. The summed E-state index contributed by atoms with van der Waals surface area (Å²) in [6.07, 6.45) is 1.19. The molecule has 2 amide bonds. The lowest BCUT2D eigenvalue weighted by atomic mass is 10.1. The van der Waals surface area contributed by atoms with Crippen molar-refractivity contribution in [1.29, 1.82) is 0 Å². The normalized spacial score (nSPS) is 19.2. The van der Waals surface area contributed by atoms with Gasteiger partial charge in [0.15, 0.2) is 0 Å². The number of piperidine rings is 1. The van der Waals surface area contributed by atoms with E-state index < -0.39 is 0 Å². The zero-order valence-corrected chi connectivity index (χ0v) is 11.1. The molecule has 0 aliphatic carbocycles. The number of benzene rings is 1. The van der Waals surface area contributed by atoms with Crippen LogP contribution in [0, 0.1) is 0 Å². The predicted molar refractivity (Wildman–Crippen MR) is 75.3 cm³/mol. The van der Waals surface area contributed by atoms with E-state index in [-0.39, 0.29) is 17.9 Å². The Bertz CT molecular complexity index is 592. The molecule has 2 aromatic rings. The predicted octanol–water partition coefficient (Wildman–Crippen LogP) is 1.91. The number of nitrogens with one attached hydrogen (secondary N) is 2. The molecule has 2 heterocycles. The Hall–Kier alpha value is -1.88. The zero-order chi connectivity index (χ0) is 13.2. The molecule has 0 saturated carbocycles. The number of amides is 2. The number of hydrogen-bond donors (Lipinski definition) is 2. The highest BCUT2D eigenvalue weighted by Gasteiger charge is 2.20. The monoisotopic (exact) mass is 274 g/mol. The molecule has 2 N–H and O–H groups in total. The van der Waals surface area contributed by atoms with Gasteiger partial charge >= 0.3 is 0 Å². The second kappa shape index (κ2) is 5.01. The molecule has 1 saturated heterocycles. The fourth-order valence-electron chi connectivity index (χ4n) is 2.21. The number of hydrogen-bond acceptors (Lipinski definition) is 3. The van der Waals surface area contributed by atoms with Gasteiger partial charge in [-0.2, -0.15) is 0 Å². The Balaban J connectivity index is 1.71. The van der Waals surface area contributed by atoms with E-state index in [1.54, 1.807) is 0 Å². The van der Waals surface area contributed by atoms with Crippen LogP contribution in [0.1, 0.15) is 22.5 Å². The maximum absolute atomic E-state index is 12.2. The van der Waals surface area contributed by atoms with Crippen molar-refractivity contribution in [1.82, 2.24) is 10.6 Å². The van der Waals surface area contributed by atoms with E-state index in [0.717, 1.165) is 15.0 Å². The van der Waals surface area contributed by atoms with Crippen molar-refractivity contribution in [2.24, 2.45) is 0 Å². The molecular weight excluding hydrogens is 260 g/mol. The molecule has 1 aliphatic rings. The standard InChI is InChI=1S/C14H14N2O2S/c17-13-6-5-10(8-15-13)16-14(18)12-7-9-3-1-2-4-11(9)19-12/h1-4,7,10H,5-6,8H2,(H,15,17)(H,16,18). The van der Waals surface area contributed by atoms with Crippen LogP contribution in [0.25, 0.3) is 10.1 Å². The summed E-state index contributed by atoms with van der Waals surface area (Å²) in [6.45, 7) is 0.523. The van der Waals surface area contributed by atoms with Crippen molar-refractivity contribution >= 4 is 33.2 Å². The Kier molecular flexibility index (Phi) is 3.21. The summed E-state index contributed by atoms with van der Waals surface area (Å²) in [4.78, 5) is 23.9. The summed E-state index contributed by atoms with van der Waals surface area (Å²) in [5.41, 5.74) is 0. The largest absolute Gasteiger partial charge is 0.354 e. The van der Waals surface area contributed by atoms with Gasteiger partial charge in [-0.3, -0.25) is 9.59 Å². The lowest BCUT2D eigenvalue weighted by Gasteiger charge is -2.23. The molecule has 0 bridgehead atoms. The molecular formula is C14H14N2O2S. The van der Waals surface area contributed by atoms with Crippen molar-refractivity contribution < 1.29 is 9.59 Å². The van der Waals surface area contributed by atoms with E-state index >= 15 is 0 Å². The molecule has 1 unspecified atom stereocenters. The van der Waals surface area contributed by atoms with Crippen molar-refractivity contribution in [2.75, 3.05) is 6.54 Å². The number of carbonyl (C=O) groups is 2. The summed E-state index contributed by atoms with van der Waals surface area (Å²) in [5, 5.41) is 6.83. The average molecular weight is 274 g/mol. The van der Waals surface area contributed by atoms with Crippen LogP contribution in [0.2, 0.25) is 0 Å². The second-order valence-corrected chi connectivity index (χ2v) is 5.75. The Morgan fingerprint density at radius 1 is 1.37 bits per heavy atom. The minimum Gasteiger partial charge on any atom is -0.354 e. The Morgan fingerprint density at radius 3 is 2.95 bits per heavy atom. The number of rotatable bonds is 2. The smallest absolute Gasteiger partial charge is 0.261 e. The molecule has 1 fully saturated rings. The van der Waals surface area contributed by atoms with Gasteiger partial charge in [0.05, 0.1) is 4.88 Å². The Labute approximate surface area is 114 Å². The first-order valence-corrected chi connectivity index (χ1v) is 7.10. The summed E-state index contributed by atoms with van der Waals surface area (Å²) in [5.74, 6) is 0.00899. The third kappa shape index (κ3) is 2.61. The van der Waals surface area contributed by atoms with Crippen LogP contribution in [-0.4, -0.2) is 24.4 Å². The van der Waals surface area contributed by atoms with Gasteiger partial charge in [0.1, 0.15) is 0 Å². The molecule has 1 aromatic carbocycles. The van der Waals surface area contributed by atoms with Crippen LogP contribution in [-0.2, 0) is 4.79 Å². The minimum atomic E-state index is -0.0534. The maximum atomic E-state index is 12.2. The fourth-order valence-corrected chi connectivity index (χ4v) is 3.17. The number of carbonyl (C=O) groups excluding carboxylic acids is 2. The van der Waals surface area contributed by atoms with Gasteiger partial charge in [-0.25, -0.2) is 0 Å². The Morgan fingerprint density at radius 2 is 2.21 bits per heavy atom. The highest BCUT2D eigenvalue weighted by Crippen LogP contribution is 2.25. The van der Waals surface area contributed by atoms with Gasteiger partial charge in [-0.05, 0) is 23.9 Å². The SMILES string of the molecule is O=C1CCC(NC(=O)c2cc3ccccc3s2)CN1. The van der Waals surface area contributed by atoms with E-state index in [2.05, 4.69) is 10.6 Å². The van der Waals surface area contributed by atoms with Crippen molar-refractivity contribution in [3.8, 4) is 0 Å². The summed E-state index contributed by atoms with van der Waals surface area (Å²) in [6, 6.07) is 9.90. The lowest BCUT2D eigenvalue weighted by molar-refractivity contribution is -0.122. The van der Waals surface area contributed by atoms with E-state index in [1.807, 2.05) is 30.3 Å². The molecule has 1 atom stereocenters. The average Bonchev–Trinajstić information content (AvgIpc) is 2.85. The summed E-state index contributed by atoms with van der Waals surface area (Å²) < 4.78 is 1.12. The van der Waals surface area contributed by atoms with Crippen LogP contribution < -0.4 is 10.6 Å². The van der Waals surface area contributed by atoms with Crippen molar-refractivity contribution in [2.45, 2.75) is 18.9 Å². The molecule has 19 heavy (non-hydrogen) atoms. The van der Waals surface area contributed by atoms with Gasteiger partial charge in [0.25, 0.3) is 5.91 Å². The van der Waals surface area contributed by atoms with Crippen LogP contribution in [0.4, 0.5) is 0 Å². The quantitative estimate of drug-likeness (QED) is 0.879. The number of thiophene rings is 1. The maximum Gasteiger partial charge on any atom is 0.261 e. The highest BCUT2D eigenvalue weighted by molar-refractivity contribution is 7.20. The van der Waals surface area contributed by atoms with Crippen LogP contribution in [0.3, 0.4) is 0 Å². The van der Waals surface area contributed by atoms with E-state index in [0.29, 0.717) is 19.4 Å². The molecule has 5 heteroatoms. The number of fused-ring (bicyclic) bond motifs is 1. The molecule has 1 aromatic heterocycles. The van der Waals surface area contributed by atoms with E-state index in [4.69, 9.17) is 0 Å². The van der Waals surface area contributed by atoms with Gasteiger partial charge in [0, 0.05) is 23.7 Å². The second-order valence-electron chi connectivity index (χ2n) is 4.66. The summed E-state index contributed by atoms with van der Waals surface area (Å²) >= 11 is 1.50. The minimum absolute atomic E-state index is 0.0374. The molecule has 0 spiro atoms. The van der Waals surface area contributed by atoms with Crippen LogP contribution >= 0.6 is 11.3 Å². The lowest BCUT2D eigenvalue weighted by Crippen LogP contribution is -2.47. The molecule has 4 nitrogen and oxygen atoms in total. The third-order valence-corrected chi connectivity index (χ3v) is 4.36. The van der Waals surface area contributed by atoms with E-state index in [9.17, 15) is 9.59 Å². The van der Waals surface area contributed by atoms with Gasteiger partial charge in [-0.1, -0.05) is 18.2 Å². The van der Waals surface area contributed by atoms with Gasteiger partial charge in [0.2, 0.25) is 5.91 Å². The first kappa shape index (κ1) is 12.2. The first-order valence-electron chi connectivity index (χ1n) is 6.28. The van der Waals surface area contributed by atoms with Crippen LogP contribution in [0.15, 0.2) is 30.3 Å². The molecule has 98 valence electrons. The molecule has 3 rings (SSSR count). The van der Waals surface area contributed by atoms with Crippen LogP contribution in [0.5, 0.6) is 0 Å². The van der Waals surface area contributed by atoms with E-state index in [1.165, 1.54) is 11.3 Å². The third-order valence-electron chi connectivity index (χ3n) is 3.25.